The van der Waals surface area contributed by atoms with E-state index in [1.165, 1.54) is 24.1 Å². The second kappa shape index (κ2) is 16.1. The Morgan fingerprint density at radius 2 is 1.69 bits per heavy atom. The van der Waals surface area contributed by atoms with E-state index in [1.807, 2.05) is 11.6 Å². The van der Waals surface area contributed by atoms with Crippen LogP contribution in [0.1, 0.15) is 44.9 Å². The number of alkyl halides is 3. The fourth-order valence-electron chi connectivity index (χ4n) is 4.49. The highest BCUT2D eigenvalue weighted by Gasteiger charge is 2.36. The number of aryl methyl sites for hydroxylation is 1. The van der Waals surface area contributed by atoms with Crippen molar-refractivity contribution in [3.8, 4) is 16.9 Å². The normalized spacial score (nSPS) is 14.4. The van der Waals surface area contributed by atoms with E-state index in [4.69, 9.17) is 19.0 Å². The Balaban J connectivity index is 1.23. The number of carbonyl (C=O) groups excluding carboxylic acids is 3. The monoisotopic (exact) mass is 740 g/mol. The molecule has 2 aromatic carbocycles. The van der Waals surface area contributed by atoms with E-state index in [2.05, 4.69) is 10.4 Å². The summed E-state index contributed by atoms with van der Waals surface area (Å²) in [6, 6.07) is 12.3. The van der Waals surface area contributed by atoms with Gasteiger partial charge in [0.2, 0.25) is 11.2 Å². The number of esters is 1. The van der Waals surface area contributed by atoms with Crippen molar-refractivity contribution >= 4 is 28.1 Å². The number of hydrazine groups is 1. The van der Waals surface area contributed by atoms with Gasteiger partial charge in [0, 0.05) is 24.8 Å². The van der Waals surface area contributed by atoms with Crippen LogP contribution in [0.15, 0.2) is 64.8 Å². The molecule has 1 N–H and O–H groups in total. The number of amides is 1. The maximum absolute atomic E-state index is 13.5. The minimum absolute atomic E-state index is 0.0802. The number of benzene rings is 2. The molecule has 1 aromatic heterocycles. The van der Waals surface area contributed by atoms with Gasteiger partial charge in [0.1, 0.15) is 0 Å². The Labute approximate surface area is 290 Å². The molecule has 1 amide bonds. The van der Waals surface area contributed by atoms with Crippen molar-refractivity contribution in [3.05, 3.63) is 71.1 Å². The van der Waals surface area contributed by atoms with E-state index in [0.29, 0.717) is 5.56 Å². The molecule has 0 spiro atoms. The molecule has 0 saturated carbocycles. The van der Waals surface area contributed by atoms with Gasteiger partial charge in [0.15, 0.2) is 5.69 Å². The maximum atomic E-state index is 13.5. The van der Waals surface area contributed by atoms with Crippen LogP contribution in [0.4, 0.5) is 18.0 Å². The van der Waals surface area contributed by atoms with Gasteiger partial charge in [-0.3, -0.25) is 14.4 Å². The molecule has 1 fully saturated rings. The van der Waals surface area contributed by atoms with Crippen LogP contribution in [0.3, 0.4) is 0 Å². The number of hydrogen-bond donors (Lipinski definition) is 1. The number of halogens is 3. The van der Waals surface area contributed by atoms with Crippen molar-refractivity contribution < 1.29 is 60.0 Å². The molecule has 1 aliphatic heterocycles. The SMILES string of the molecule is Cc1ccc(-c2cc(C(F)(F)F)nn2-c2ccc(S(=O)(=O)NC(=O)CCC(=O)OCC3CN([N+]([O-])=NOC(C)OC(=O)OC(C)C)C3)cc2)cc1. The molecular weight excluding hydrogens is 705 g/mol. The van der Waals surface area contributed by atoms with Gasteiger partial charge in [0.25, 0.3) is 16.3 Å². The minimum atomic E-state index is -4.72. The molecular formula is C31H35F3N6O10S. The van der Waals surface area contributed by atoms with Gasteiger partial charge in [0.05, 0.1) is 53.5 Å². The molecule has 276 valence electrons. The summed E-state index contributed by atoms with van der Waals surface area (Å²) >= 11 is 0. The molecule has 1 saturated heterocycles. The van der Waals surface area contributed by atoms with Crippen LogP contribution < -0.4 is 4.72 Å². The van der Waals surface area contributed by atoms with Gasteiger partial charge < -0.3 is 19.4 Å². The van der Waals surface area contributed by atoms with Crippen molar-refractivity contribution in [2.24, 2.45) is 11.2 Å². The van der Waals surface area contributed by atoms with Crippen LogP contribution in [-0.2, 0) is 44.8 Å². The smallest absolute Gasteiger partial charge is 0.511 e. The molecule has 0 bridgehead atoms. The van der Waals surface area contributed by atoms with Gasteiger partial charge >= 0.3 is 18.3 Å². The Kier molecular flexibility index (Phi) is 12.1. The fourth-order valence-corrected chi connectivity index (χ4v) is 5.51. The van der Waals surface area contributed by atoms with Gasteiger partial charge in [-0.1, -0.05) is 29.8 Å². The van der Waals surface area contributed by atoms with E-state index in [9.17, 15) is 41.2 Å². The first-order valence-electron chi connectivity index (χ1n) is 15.4. The van der Waals surface area contributed by atoms with Crippen LogP contribution in [0.2, 0.25) is 0 Å². The summed E-state index contributed by atoms with van der Waals surface area (Å²) < 4.78 is 83.7. The molecule has 0 aliphatic carbocycles. The van der Waals surface area contributed by atoms with Crippen molar-refractivity contribution in [3.63, 3.8) is 0 Å². The lowest BCUT2D eigenvalue weighted by molar-refractivity contribution is -0.728. The first kappa shape index (κ1) is 38.4. The van der Waals surface area contributed by atoms with Crippen LogP contribution in [-0.4, -0.2) is 78.3 Å². The predicted octanol–water partition coefficient (Wildman–Crippen LogP) is 4.64. The molecule has 1 aliphatic rings. The second-order valence-corrected chi connectivity index (χ2v) is 13.4. The van der Waals surface area contributed by atoms with E-state index >= 15 is 0 Å². The summed E-state index contributed by atoms with van der Waals surface area (Å²) in [6.45, 7) is 6.64. The molecule has 1 unspecified atom stereocenters. The minimum Gasteiger partial charge on any atom is -0.569 e. The Hall–Kier alpha value is -5.40. The lowest BCUT2D eigenvalue weighted by Gasteiger charge is -2.33. The van der Waals surface area contributed by atoms with Gasteiger partial charge in [-0.05, 0) is 51.1 Å². The molecule has 0 radical (unpaired) electrons. The number of hydrogen-bond acceptors (Lipinski definition) is 12. The number of rotatable bonds is 14. The lowest BCUT2D eigenvalue weighted by Crippen LogP contribution is -2.52. The van der Waals surface area contributed by atoms with Crippen LogP contribution >= 0.6 is 0 Å². The molecule has 4 rings (SSSR count). The Morgan fingerprint density at radius 1 is 1.04 bits per heavy atom. The average molecular weight is 741 g/mol. The quantitative estimate of drug-likeness (QED) is 0.0792. The lowest BCUT2D eigenvalue weighted by atomic mass is 10.0. The highest BCUT2D eigenvalue weighted by molar-refractivity contribution is 7.90. The number of nitrogens with zero attached hydrogens (tertiary/aromatic N) is 5. The third-order valence-electron chi connectivity index (χ3n) is 7.06. The van der Waals surface area contributed by atoms with Gasteiger partial charge in [-0.2, -0.15) is 18.3 Å². The predicted molar refractivity (Wildman–Crippen MR) is 169 cm³/mol. The van der Waals surface area contributed by atoms with Crippen LogP contribution in [0.5, 0.6) is 0 Å². The topological polar surface area (TPSA) is 194 Å². The van der Waals surface area contributed by atoms with E-state index in [-0.39, 0.29) is 46.9 Å². The van der Waals surface area contributed by atoms with E-state index in [0.717, 1.165) is 28.4 Å². The third-order valence-corrected chi connectivity index (χ3v) is 8.45. The Morgan fingerprint density at radius 3 is 2.29 bits per heavy atom. The zero-order chi connectivity index (χ0) is 37.5. The molecule has 51 heavy (non-hydrogen) atoms. The van der Waals surface area contributed by atoms with Crippen LogP contribution in [0.25, 0.3) is 16.9 Å². The van der Waals surface area contributed by atoms with Crippen molar-refractivity contribution in [2.45, 2.75) is 64.0 Å². The summed E-state index contributed by atoms with van der Waals surface area (Å²) in [4.78, 5) is 40.5. The summed E-state index contributed by atoms with van der Waals surface area (Å²) in [5, 5.41) is 20.2. The maximum Gasteiger partial charge on any atom is 0.511 e. The zero-order valence-corrected chi connectivity index (χ0v) is 28.6. The van der Waals surface area contributed by atoms with E-state index in [1.54, 1.807) is 38.1 Å². The molecule has 3 aromatic rings. The van der Waals surface area contributed by atoms with Crippen molar-refractivity contribution in [2.75, 3.05) is 19.7 Å². The van der Waals surface area contributed by atoms with Gasteiger partial charge in [-0.25, -0.2) is 22.6 Å². The van der Waals surface area contributed by atoms with Gasteiger partial charge in [-0.15, -0.1) is 5.01 Å². The van der Waals surface area contributed by atoms with E-state index < -0.39 is 65.2 Å². The average Bonchev–Trinajstić information content (AvgIpc) is 3.48. The summed E-state index contributed by atoms with van der Waals surface area (Å²) in [7, 11) is -4.40. The molecule has 20 heteroatoms. The summed E-state index contributed by atoms with van der Waals surface area (Å²) in [5.41, 5.74) is 0.489. The Bertz CT molecular complexity index is 1840. The molecule has 16 nitrogen and oxygen atoms in total. The standard InChI is InChI=1S/C31H35F3N6O10S/c1-19(2)48-30(43)49-21(4)50-37-40(44)38-16-22(17-38)18-47-29(42)14-13-28(41)36-51(45,46)25-11-9-24(10-12-25)39-26(15-27(35-39)31(32,33)34)23-7-5-20(3)6-8-23/h5-12,15,19,21-22H,13-14,16-18H2,1-4H3,(H,36,41). The number of nitrogens with one attached hydrogen (secondary N) is 1. The highest BCUT2D eigenvalue weighted by atomic mass is 32.2. The first-order chi connectivity index (χ1) is 23.9. The molecule has 2 heterocycles. The third kappa shape index (κ3) is 10.8. The summed E-state index contributed by atoms with van der Waals surface area (Å²) in [5.74, 6) is -2.01. The van der Waals surface area contributed by atoms with Crippen molar-refractivity contribution in [1.29, 1.82) is 0 Å². The highest BCUT2D eigenvalue weighted by Crippen LogP contribution is 2.33. The van der Waals surface area contributed by atoms with Crippen LogP contribution in [0, 0.1) is 18.0 Å². The number of ether oxygens (including phenoxy) is 3. The first-order valence-corrected chi connectivity index (χ1v) is 16.9. The number of carbonyl (C=O) groups is 3. The molecule has 1 atom stereocenters. The number of sulfonamides is 1. The van der Waals surface area contributed by atoms with Crippen molar-refractivity contribution in [1.82, 2.24) is 19.5 Å². The fraction of sp³-hybridized carbons (Fsp3) is 0.419. The second-order valence-electron chi connectivity index (χ2n) is 11.7. The largest absolute Gasteiger partial charge is 0.569 e. The summed E-state index contributed by atoms with van der Waals surface area (Å²) in [6.07, 6.45) is -8.27. The zero-order valence-electron chi connectivity index (χ0n) is 27.8. The number of aromatic nitrogens is 2.